The lowest BCUT2D eigenvalue weighted by atomic mass is 10.1. The molecule has 0 radical (unpaired) electrons. The summed E-state index contributed by atoms with van der Waals surface area (Å²) in [7, 11) is 0. The first kappa shape index (κ1) is 26.9. The molecule has 3 N–H and O–H groups in total. The van der Waals surface area contributed by atoms with E-state index in [0.717, 1.165) is 25.9 Å². The lowest BCUT2D eigenvalue weighted by Gasteiger charge is -2.38. The summed E-state index contributed by atoms with van der Waals surface area (Å²) in [6.45, 7) is 9.88. The highest BCUT2D eigenvalue weighted by Gasteiger charge is 2.31. The second-order valence-electron chi connectivity index (χ2n) is 7.61. The summed E-state index contributed by atoms with van der Waals surface area (Å²) in [6.07, 6.45) is 2.18. The van der Waals surface area contributed by atoms with Crippen molar-refractivity contribution in [1.29, 1.82) is 0 Å². The minimum Gasteiger partial charge on any atom is -0.346 e. The van der Waals surface area contributed by atoms with Gasteiger partial charge in [-0.15, -0.1) is 24.8 Å². The van der Waals surface area contributed by atoms with Crippen LogP contribution in [0.1, 0.15) is 33.6 Å². The average Bonchev–Trinajstić information content (AvgIpc) is 3.18. The Morgan fingerprint density at radius 1 is 0.893 bits per heavy atom. The van der Waals surface area contributed by atoms with Gasteiger partial charge in [-0.1, -0.05) is 13.8 Å². The van der Waals surface area contributed by atoms with Gasteiger partial charge in [0.05, 0.1) is 18.6 Å². The molecule has 0 aromatic rings. The Balaban J connectivity index is 0.00000364. The summed E-state index contributed by atoms with van der Waals surface area (Å²) in [5.74, 6) is -0.176. The Morgan fingerprint density at radius 2 is 1.43 bits per heavy atom. The van der Waals surface area contributed by atoms with Gasteiger partial charge in [0.15, 0.2) is 0 Å². The van der Waals surface area contributed by atoms with E-state index in [9.17, 15) is 14.4 Å². The fourth-order valence-corrected chi connectivity index (χ4v) is 3.41. The Labute approximate surface area is 180 Å². The molecule has 164 valence electrons. The number of rotatable bonds is 6. The van der Waals surface area contributed by atoms with Crippen molar-refractivity contribution in [2.24, 2.45) is 11.7 Å². The molecule has 8 nitrogen and oxygen atoms in total. The number of nitrogens with one attached hydrogen (secondary N) is 1. The number of amides is 3. The SMILES string of the molecule is CC(C)[C@H](N)C(=O)NCC(=O)N1CCN(C(C)C(=O)N2CCCC2)CC1.Cl.Cl. The molecular formula is C18H35Cl2N5O3. The third kappa shape index (κ3) is 7.06. The number of hydrogen-bond donors (Lipinski definition) is 2. The Bertz CT molecular complexity index is 521. The van der Waals surface area contributed by atoms with Crippen LogP contribution in [-0.2, 0) is 14.4 Å². The van der Waals surface area contributed by atoms with Gasteiger partial charge < -0.3 is 20.9 Å². The van der Waals surface area contributed by atoms with Crippen molar-refractivity contribution in [2.45, 2.75) is 45.7 Å². The summed E-state index contributed by atoms with van der Waals surface area (Å²) in [5.41, 5.74) is 5.78. The van der Waals surface area contributed by atoms with Gasteiger partial charge >= 0.3 is 0 Å². The third-order valence-corrected chi connectivity index (χ3v) is 5.42. The smallest absolute Gasteiger partial charge is 0.242 e. The summed E-state index contributed by atoms with van der Waals surface area (Å²) < 4.78 is 0. The molecule has 2 heterocycles. The molecule has 2 rings (SSSR count). The van der Waals surface area contributed by atoms with Crippen LogP contribution >= 0.6 is 24.8 Å². The van der Waals surface area contributed by atoms with Crippen LogP contribution in [0.25, 0.3) is 0 Å². The molecule has 0 aliphatic carbocycles. The van der Waals surface area contributed by atoms with Crippen LogP contribution in [0.4, 0.5) is 0 Å². The predicted molar refractivity (Wildman–Crippen MR) is 114 cm³/mol. The van der Waals surface area contributed by atoms with Gasteiger partial charge in [0.2, 0.25) is 17.7 Å². The lowest BCUT2D eigenvalue weighted by Crippen LogP contribution is -2.56. The van der Waals surface area contributed by atoms with E-state index < -0.39 is 6.04 Å². The topological polar surface area (TPSA) is 99.0 Å². The van der Waals surface area contributed by atoms with E-state index in [2.05, 4.69) is 10.2 Å². The fraction of sp³-hybridized carbons (Fsp3) is 0.833. The zero-order valence-corrected chi connectivity index (χ0v) is 18.7. The minimum absolute atomic E-state index is 0. The van der Waals surface area contributed by atoms with Crippen LogP contribution in [0.3, 0.4) is 0 Å². The molecule has 2 saturated heterocycles. The summed E-state index contributed by atoms with van der Waals surface area (Å²) >= 11 is 0. The van der Waals surface area contributed by atoms with E-state index in [1.807, 2.05) is 25.7 Å². The number of halogens is 2. The normalized spacial score (nSPS) is 19.5. The average molecular weight is 440 g/mol. The van der Waals surface area contributed by atoms with Crippen molar-refractivity contribution in [3.8, 4) is 0 Å². The fourth-order valence-electron chi connectivity index (χ4n) is 3.41. The highest BCUT2D eigenvalue weighted by atomic mass is 35.5. The molecule has 0 spiro atoms. The van der Waals surface area contributed by atoms with E-state index in [4.69, 9.17) is 5.73 Å². The second kappa shape index (κ2) is 12.5. The van der Waals surface area contributed by atoms with Crippen LogP contribution in [0.2, 0.25) is 0 Å². The van der Waals surface area contributed by atoms with E-state index in [1.54, 1.807) is 4.90 Å². The van der Waals surface area contributed by atoms with Gasteiger partial charge in [0.1, 0.15) is 0 Å². The van der Waals surface area contributed by atoms with Crippen molar-refractivity contribution in [3.63, 3.8) is 0 Å². The number of carbonyl (C=O) groups is 3. The maximum atomic E-state index is 12.5. The lowest BCUT2D eigenvalue weighted by molar-refractivity contribution is -0.138. The summed E-state index contributed by atoms with van der Waals surface area (Å²) in [4.78, 5) is 42.5. The summed E-state index contributed by atoms with van der Waals surface area (Å²) in [5, 5.41) is 2.62. The zero-order chi connectivity index (χ0) is 19.3. The van der Waals surface area contributed by atoms with Gasteiger partial charge in [0, 0.05) is 39.3 Å². The monoisotopic (exact) mass is 439 g/mol. The van der Waals surface area contributed by atoms with E-state index in [0.29, 0.717) is 26.2 Å². The van der Waals surface area contributed by atoms with Gasteiger partial charge in [0.25, 0.3) is 0 Å². The van der Waals surface area contributed by atoms with Crippen LogP contribution in [0.5, 0.6) is 0 Å². The molecule has 2 aliphatic rings. The van der Waals surface area contributed by atoms with Crippen molar-refractivity contribution >= 4 is 42.5 Å². The van der Waals surface area contributed by atoms with E-state index >= 15 is 0 Å². The predicted octanol–water partition coefficient (Wildman–Crippen LogP) is 0.0846. The van der Waals surface area contributed by atoms with Crippen molar-refractivity contribution in [3.05, 3.63) is 0 Å². The highest BCUT2D eigenvalue weighted by molar-refractivity contribution is 5.87. The zero-order valence-electron chi connectivity index (χ0n) is 17.1. The standard InChI is InChI=1S/C18H33N5O3.2ClH/c1-13(2)16(19)17(25)20-12-15(24)22-10-8-21(9-11-22)14(3)18(26)23-6-4-5-7-23;;/h13-14,16H,4-12,19H2,1-3H3,(H,20,25);2*1H/t14?,16-;;/m0../s1. The van der Waals surface area contributed by atoms with Crippen molar-refractivity contribution in [1.82, 2.24) is 20.0 Å². The quantitative estimate of drug-likeness (QED) is 0.610. The molecule has 2 atom stereocenters. The third-order valence-electron chi connectivity index (χ3n) is 5.42. The molecule has 2 fully saturated rings. The Hall–Kier alpha value is -1.09. The summed E-state index contributed by atoms with van der Waals surface area (Å²) in [6, 6.07) is -0.744. The van der Waals surface area contributed by atoms with Crippen LogP contribution in [0.15, 0.2) is 0 Å². The first-order valence-electron chi connectivity index (χ1n) is 9.65. The van der Waals surface area contributed by atoms with E-state index in [-0.39, 0.29) is 61.0 Å². The molecule has 3 amide bonds. The van der Waals surface area contributed by atoms with Crippen LogP contribution in [-0.4, -0.2) is 90.3 Å². The maximum Gasteiger partial charge on any atom is 0.242 e. The molecule has 0 aromatic heterocycles. The van der Waals surface area contributed by atoms with Gasteiger partial charge in [-0.05, 0) is 25.7 Å². The van der Waals surface area contributed by atoms with E-state index in [1.165, 1.54) is 0 Å². The molecule has 10 heteroatoms. The van der Waals surface area contributed by atoms with Gasteiger partial charge in [-0.3, -0.25) is 19.3 Å². The molecule has 1 unspecified atom stereocenters. The Kier molecular flexibility index (Phi) is 12.0. The van der Waals surface area contributed by atoms with Gasteiger partial charge in [-0.2, -0.15) is 0 Å². The second-order valence-corrected chi connectivity index (χ2v) is 7.61. The first-order chi connectivity index (χ1) is 12.3. The highest BCUT2D eigenvalue weighted by Crippen LogP contribution is 2.14. The van der Waals surface area contributed by atoms with Crippen LogP contribution in [0, 0.1) is 5.92 Å². The number of hydrogen-bond acceptors (Lipinski definition) is 5. The molecular weight excluding hydrogens is 405 g/mol. The molecule has 0 saturated carbocycles. The largest absolute Gasteiger partial charge is 0.346 e. The number of piperazine rings is 1. The van der Waals surface area contributed by atoms with Gasteiger partial charge in [-0.25, -0.2) is 0 Å². The molecule has 0 bridgehead atoms. The van der Waals surface area contributed by atoms with Crippen molar-refractivity contribution < 1.29 is 14.4 Å². The van der Waals surface area contributed by atoms with Crippen LogP contribution < -0.4 is 11.1 Å². The molecule has 28 heavy (non-hydrogen) atoms. The number of nitrogens with two attached hydrogens (primary N) is 1. The first-order valence-corrected chi connectivity index (χ1v) is 9.65. The molecule has 2 aliphatic heterocycles. The molecule has 0 aromatic carbocycles. The minimum atomic E-state index is -0.600. The van der Waals surface area contributed by atoms with Crippen molar-refractivity contribution in [2.75, 3.05) is 45.8 Å². The number of nitrogens with zero attached hydrogens (tertiary/aromatic N) is 3. The number of carbonyl (C=O) groups excluding carboxylic acids is 3. The Morgan fingerprint density at radius 3 is 1.93 bits per heavy atom. The maximum absolute atomic E-state index is 12.5. The number of likely N-dealkylation sites (tertiary alicyclic amines) is 1.